The summed E-state index contributed by atoms with van der Waals surface area (Å²) >= 11 is 0. The number of ether oxygens (including phenoxy) is 3. The van der Waals surface area contributed by atoms with Crippen molar-refractivity contribution in [2.24, 2.45) is 17.8 Å². The molecule has 0 saturated heterocycles. The zero-order chi connectivity index (χ0) is 47.0. The molecule has 0 aromatic heterocycles. The average Bonchev–Trinajstić information content (AvgIpc) is 3.27. The number of rotatable bonds is 51. The van der Waals surface area contributed by atoms with Gasteiger partial charge in [0.15, 0.2) is 6.10 Å². The van der Waals surface area contributed by atoms with Gasteiger partial charge < -0.3 is 14.2 Å². The highest BCUT2D eigenvalue weighted by Gasteiger charge is 2.19. The number of carbonyl (C=O) groups excluding carboxylic acids is 3. The van der Waals surface area contributed by atoms with Crippen LogP contribution in [0.25, 0.3) is 0 Å². The first-order valence-corrected chi connectivity index (χ1v) is 28.6. The van der Waals surface area contributed by atoms with Gasteiger partial charge in [0.25, 0.3) is 0 Å². The van der Waals surface area contributed by atoms with Crippen molar-refractivity contribution in [3.05, 3.63) is 0 Å². The van der Waals surface area contributed by atoms with Crippen LogP contribution in [0.5, 0.6) is 0 Å². The minimum Gasteiger partial charge on any atom is -0.462 e. The summed E-state index contributed by atoms with van der Waals surface area (Å²) in [6.07, 6.45) is 50.9. The Morgan fingerprint density at radius 3 is 0.812 bits per heavy atom. The van der Waals surface area contributed by atoms with Gasteiger partial charge in [-0.15, -0.1) is 0 Å². The lowest BCUT2D eigenvalue weighted by Gasteiger charge is -2.18. The molecule has 64 heavy (non-hydrogen) atoms. The summed E-state index contributed by atoms with van der Waals surface area (Å²) in [4.78, 5) is 38.1. The van der Waals surface area contributed by atoms with E-state index in [1.807, 2.05) is 0 Å². The van der Waals surface area contributed by atoms with Crippen LogP contribution in [0.1, 0.15) is 318 Å². The molecule has 0 heterocycles. The molecule has 0 aromatic rings. The zero-order valence-electron chi connectivity index (χ0n) is 44.1. The van der Waals surface area contributed by atoms with E-state index < -0.39 is 6.10 Å². The molecule has 2 atom stereocenters. The highest BCUT2D eigenvalue weighted by atomic mass is 16.6. The van der Waals surface area contributed by atoms with Crippen LogP contribution in [0.15, 0.2) is 0 Å². The standard InChI is InChI=1S/C58H112O6/c1-7-54(6)46-40-34-28-24-25-30-36-42-48-57(60)63-51-55(64-58(61)49-43-37-31-23-19-15-14-17-21-27-33-39-45-53(4)5)50-62-56(59)47-41-35-29-22-18-13-11-9-8-10-12-16-20-26-32-38-44-52(2)3/h52-55H,7-51H2,1-6H3/t54?,55-/m0/s1. The molecule has 0 aromatic carbocycles. The lowest BCUT2D eigenvalue weighted by Crippen LogP contribution is -2.30. The predicted molar refractivity (Wildman–Crippen MR) is 275 cm³/mol. The zero-order valence-corrected chi connectivity index (χ0v) is 44.1. The van der Waals surface area contributed by atoms with E-state index in [0.29, 0.717) is 19.3 Å². The second-order valence-electron chi connectivity index (χ2n) is 21.1. The van der Waals surface area contributed by atoms with Gasteiger partial charge in [-0.2, -0.15) is 0 Å². The highest BCUT2D eigenvalue weighted by Crippen LogP contribution is 2.19. The largest absolute Gasteiger partial charge is 0.462 e. The van der Waals surface area contributed by atoms with Crippen molar-refractivity contribution in [1.82, 2.24) is 0 Å². The number of esters is 3. The molecule has 6 heteroatoms. The molecular formula is C58H112O6. The molecule has 0 aliphatic rings. The van der Waals surface area contributed by atoms with E-state index in [1.165, 1.54) is 199 Å². The number of hydrogen-bond donors (Lipinski definition) is 0. The first-order valence-electron chi connectivity index (χ1n) is 28.6. The molecule has 0 amide bonds. The fourth-order valence-electron chi connectivity index (χ4n) is 8.79. The molecule has 0 saturated carbocycles. The summed E-state index contributed by atoms with van der Waals surface area (Å²) in [6.45, 7) is 13.8. The van der Waals surface area contributed by atoms with E-state index >= 15 is 0 Å². The smallest absolute Gasteiger partial charge is 0.306 e. The Kier molecular flexibility index (Phi) is 48.1. The first-order chi connectivity index (χ1) is 31.1. The summed E-state index contributed by atoms with van der Waals surface area (Å²) in [5, 5.41) is 0. The van der Waals surface area contributed by atoms with E-state index in [1.54, 1.807) is 0 Å². The van der Waals surface area contributed by atoms with Gasteiger partial charge in [-0.3, -0.25) is 14.4 Å². The van der Waals surface area contributed by atoms with Gasteiger partial charge in [0, 0.05) is 19.3 Å². The van der Waals surface area contributed by atoms with E-state index in [2.05, 4.69) is 41.5 Å². The molecule has 0 aliphatic heterocycles. The van der Waals surface area contributed by atoms with Crippen LogP contribution in [0.3, 0.4) is 0 Å². The number of carbonyl (C=O) groups is 3. The van der Waals surface area contributed by atoms with Crippen molar-refractivity contribution >= 4 is 17.9 Å². The SMILES string of the molecule is CCC(C)CCCCCCCCCCC(=O)OC[C@H](COC(=O)CCCCCCCCCCCCCCCCCCC(C)C)OC(=O)CCCCCCCCCCCCCCC(C)C. The highest BCUT2D eigenvalue weighted by molar-refractivity contribution is 5.71. The van der Waals surface area contributed by atoms with Gasteiger partial charge in [0.2, 0.25) is 0 Å². The molecular weight excluding hydrogens is 793 g/mol. The van der Waals surface area contributed by atoms with Gasteiger partial charge in [-0.1, -0.05) is 279 Å². The van der Waals surface area contributed by atoms with Crippen molar-refractivity contribution in [2.45, 2.75) is 324 Å². The molecule has 0 rings (SSSR count). The Morgan fingerprint density at radius 2 is 0.547 bits per heavy atom. The summed E-state index contributed by atoms with van der Waals surface area (Å²) in [7, 11) is 0. The maximum atomic E-state index is 12.8. The van der Waals surface area contributed by atoms with E-state index in [4.69, 9.17) is 14.2 Å². The van der Waals surface area contributed by atoms with Crippen molar-refractivity contribution in [1.29, 1.82) is 0 Å². The summed E-state index contributed by atoms with van der Waals surface area (Å²) in [5.74, 6) is 1.69. The topological polar surface area (TPSA) is 78.9 Å². The van der Waals surface area contributed by atoms with E-state index in [0.717, 1.165) is 75.5 Å². The molecule has 0 spiro atoms. The van der Waals surface area contributed by atoms with Gasteiger partial charge in [-0.05, 0) is 37.0 Å². The van der Waals surface area contributed by atoms with E-state index in [9.17, 15) is 14.4 Å². The Morgan fingerprint density at radius 1 is 0.312 bits per heavy atom. The second kappa shape index (κ2) is 49.3. The van der Waals surface area contributed by atoms with Gasteiger partial charge in [0.05, 0.1) is 0 Å². The fraction of sp³-hybridized carbons (Fsp3) is 0.948. The fourth-order valence-corrected chi connectivity index (χ4v) is 8.79. The third kappa shape index (κ3) is 49.8. The molecule has 6 nitrogen and oxygen atoms in total. The molecule has 1 unspecified atom stereocenters. The number of hydrogen-bond acceptors (Lipinski definition) is 6. The van der Waals surface area contributed by atoms with Crippen LogP contribution in [-0.2, 0) is 28.6 Å². The Balaban J connectivity index is 4.28. The lowest BCUT2D eigenvalue weighted by atomic mass is 9.99. The Bertz CT molecular complexity index is 993. The molecule has 0 radical (unpaired) electrons. The van der Waals surface area contributed by atoms with Gasteiger partial charge >= 0.3 is 17.9 Å². The van der Waals surface area contributed by atoms with Crippen molar-refractivity contribution in [3.8, 4) is 0 Å². The van der Waals surface area contributed by atoms with Gasteiger partial charge in [0.1, 0.15) is 13.2 Å². The second-order valence-corrected chi connectivity index (χ2v) is 21.1. The molecule has 0 bridgehead atoms. The van der Waals surface area contributed by atoms with Crippen LogP contribution in [-0.4, -0.2) is 37.2 Å². The Labute approximate surface area is 399 Å². The van der Waals surface area contributed by atoms with Crippen LogP contribution in [0.2, 0.25) is 0 Å². The van der Waals surface area contributed by atoms with Gasteiger partial charge in [-0.25, -0.2) is 0 Å². The maximum Gasteiger partial charge on any atom is 0.306 e. The first kappa shape index (κ1) is 62.4. The minimum atomic E-state index is -0.764. The van der Waals surface area contributed by atoms with Crippen molar-refractivity contribution < 1.29 is 28.6 Å². The maximum absolute atomic E-state index is 12.8. The van der Waals surface area contributed by atoms with Crippen LogP contribution in [0.4, 0.5) is 0 Å². The minimum absolute atomic E-state index is 0.0639. The molecule has 0 aliphatic carbocycles. The van der Waals surface area contributed by atoms with Crippen LogP contribution >= 0.6 is 0 Å². The van der Waals surface area contributed by atoms with E-state index in [-0.39, 0.29) is 31.1 Å². The predicted octanol–water partition coefficient (Wildman–Crippen LogP) is 18.7. The average molecular weight is 906 g/mol. The van der Waals surface area contributed by atoms with Crippen LogP contribution < -0.4 is 0 Å². The third-order valence-corrected chi connectivity index (χ3v) is 13.5. The summed E-state index contributed by atoms with van der Waals surface area (Å²) in [6, 6.07) is 0. The van der Waals surface area contributed by atoms with Crippen molar-refractivity contribution in [2.75, 3.05) is 13.2 Å². The third-order valence-electron chi connectivity index (χ3n) is 13.5. The normalized spacial score (nSPS) is 12.6. The Hall–Kier alpha value is -1.59. The summed E-state index contributed by atoms with van der Waals surface area (Å²) < 4.78 is 16.9. The quantitative estimate of drug-likeness (QED) is 0.0344. The molecule has 0 N–H and O–H groups in total. The number of unbranched alkanes of at least 4 members (excludes halogenated alkanes) is 33. The summed E-state index contributed by atoms with van der Waals surface area (Å²) in [5.41, 5.74) is 0. The molecule has 380 valence electrons. The molecule has 0 fully saturated rings. The lowest BCUT2D eigenvalue weighted by molar-refractivity contribution is -0.167. The van der Waals surface area contributed by atoms with Crippen LogP contribution in [0, 0.1) is 17.8 Å². The monoisotopic (exact) mass is 905 g/mol. The van der Waals surface area contributed by atoms with Crippen molar-refractivity contribution in [3.63, 3.8) is 0 Å².